The molecule has 21 heavy (non-hydrogen) atoms. The van der Waals surface area contributed by atoms with Gasteiger partial charge in [0, 0.05) is 17.2 Å². The minimum atomic E-state index is -0.498. The number of carbonyl (C=O) groups excluding carboxylic acids is 1. The van der Waals surface area contributed by atoms with Crippen LogP contribution in [0.5, 0.6) is 17.2 Å². The topological polar surface area (TPSA) is 65.0 Å². The molecule has 0 aromatic heterocycles. The lowest BCUT2D eigenvalue weighted by Crippen LogP contribution is -2.27. The van der Waals surface area contributed by atoms with Crippen molar-refractivity contribution >= 4 is 16.6 Å². The second-order valence-electron chi connectivity index (χ2n) is 5.00. The van der Waals surface area contributed by atoms with Crippen LogP contribution >= 0.6 is 0 Å². The van der Waals surface area contributed by atoms with E-state index in [2.05, 4.69) is 0 Å². The van der Waals surface area contributed by atoms with Crippen molar-refractivity contribution in [2.45, 2.75) is 19.6 Å². The van der Waals surface area contributed by atoms with Gasteiger partial charge in [0.1, 0.15) is 23.4 Å². The van der Waals surface area contributed by atoms with E-state index in [-0.39, 0.29) is 18.1 Å². The van der Waals surface area contributed by atoms with Crippen LogP contribution in [0.4, 0.5) is 0 Å². The third kappa shape index (κ3) is 2.01. The molecule has 5 nitrogen and oxygen atoms in total. The van der Waals surface area contributed by atoms with Gasteiger partial charge in [-0.05, 0) is 24.4 Å². The monoisotopic (exact) mass is 288 g/mol. The molecule has 2 aromatic rings. The lowest BCUT2D eigenvalue weighted by atomic mass is 9.93. The van der Waals surface area contributed by atoms with Gasteiger partial charge in [-0.15, -0.1) is 0 Å². The zero-order valence-corrected chi connectivity index (χ0v) is 12.1. The summed E-state index contributed by atoms with van der Waals surface area (Å²) in [6, 6.07) is 5.23. The van der Waals surface area contributed by atoms with Crippen molar-refractivity contribution in [1.29, 1.82) is 0 Å². The Labute approximate surface area is 122 Å². The number of ketones is 1. The van der Waals surface area contributed by atoms with E-state index in [0.29, 0.717) is 33.4 Å². The molecule has 5 heteroatoms. The van der Waals surface area contributed by atoms with Crippen LogP contribution in [0.15, 0.2) is 18.2 Å². The number of fused-ring (bicyclic) bond motifs is 2. The third-order valence-electron chi connectivity index (χ3n) is 3.82. The van der Waals surface area contributed by atoms with Gasteiger partial charge in [-0.1, -0.05) is 0 Å². The molecule has 1 unspecified atom stereocenters. The van der Waals surface area contributed by atoms with E-state index in [4.69, 9.17) is 14.2 Å². The Bertz CT molecular complexity index is 735. The first-order valence-electron chi connectivity index (χ1n) is 6.63. The maximum atomic E-state index is 12.2. The minimum Gasteiger partial charge on any atom is -0.507 e. The molecule has 0 fully saturated rings. The Morgan fingerprint density at radius 2 is 2.00 bits per heavy atom. The smallest absolute Gasteiger partial charge is 0.191 e. The number of hydrogen-bond donors (Lipinski definition) is 1. The Balaban J connectivity index is 2.36. The maximum absolute atomic E-state index is 12.2. The fourth-order valence-corrected chi connectivity index (χ4v) is 2.65. The SMILES string of the molecule is COc1cc(OC)c2c(O)c3c(cc2c1)C(=O)C(C)OC3. The zero-order valence-electron chi connectivity index (χ0n) is 12.1. The molecule has 110 valence electrons. The van der Waals surface area contributed by atoms with Crippen molar-refractivity contribution in [3.63, 3.8) is 0 Å². The van der Waals surface area contributed by atoms with E-state index in [9.17, 15) is 9.90 Å². The first-order chi connectivity index (χ1) is 10.1. The lowest BCUT2D eigenvalue weighted by molar-refractivity contribution is 0.0329. The summed E-state index contributed by atoms with van der Waals surface area (Å²) < 4.78 is 15.9. The molecule has 1 heterocycles. The van der Waals surface area contributed by atoms with E-state index in [1.54, 1.807) is 32.2 Å². The van der Waals surface area contributed by atoms with E-state index in [0.717, 1.165) is 0 Å². The number of Topliss-reactive ketones (excluding diaryl/α,β-unsaturated/α-hetero) is 1. The number of rotatable bonds is 2. The predicted molar refractivity (Wildman–Crippen MR) is 77.3 cm³/mol. The fourth-order valence-electron chi connectivity index (χ4n) is 2.65. The molecule has 3 rings (SSSR count). The molecule has 2 aromatic carbocycles. The number of aromatic hydroxyl groups is 1. The second kappa shape index (κ2) is 4.93. The van der Waals surface area contributed by atoms with Crippen LogP contribution < -0.4 is 9.47 Å². The molecule has 1 aliphatic rings. The van der Waals surface area contributed by atoms with Crippen LogP contribution in [0.25, 0.3) is 10.8 Å². The van der Waals surface area contributed by atoms with Crippen molar-refractivity contribution < 1.29 is 24.1 Å². The molecular weight excluding hydrogens is 272 g/mol. The molecule has 0 spiro atoms. The highest BCUT2D eigenvalue weighted by molar-refractivity contribution is 6.08. The van der Waals surface area contributed by atoms with Gasteiger partial charge in [0.2, 0.25) is 0 Å². The third-order valence-corrected chi connectivity index (χ3v) is 3.82. The highest BCUT2D eigenvalue weighted by Gasteiger charge is 2.29. The van der Waals surface area contributed by atoms with Gasteiger partial charge in [0.25, 0.3) is 0 Å². The lowest BCUT2D eigenvalue weighted by Gasteiger charge is -2.23. The van der Waals surface area contributed by atoms with Crippen LogP contribution in [0.1, 0.15) is 22.8 Å². The van der Waals surface area contributed by atoms with Gasteiger partial charge in [0.15, 0.2) is 5.78 Å². The average molecular weight is 288 g/mol. The first kappa shape index (κ1) is 13.7. The molecule has 0 saturated heterocycles. The van der Waals surface area contributed by atoms with Crippen molar-refractivity contribution in [2.24, 2.45) is 0 Å². The molecule has 0 radical (unpaired) electrons. The van der Waals surface area contributed by atoms with Gasteiger partial charge in [0.05, 0.1) is 26.2 Å². The Morgan fingerprint density at radius 1 is 1.24 bits per heavy atom. The zero-order chi connectivity index (χ0) is 15.1. The number of hydrogen-bond acceptors (Lipinski definition) is 5. The van der Waals surface area contributed by atoms with Crippen LogP contribution in [0.2, 0.25) is 0 Å². The highest BCUT2D eigenvalue weighted by Crippen LogP contribution is 2.42. The molecule has 1 N–H and O–H groups in total. The van der Waals surface area contributed by atoms with Gasteiger partial charge < -0.3 is 19.3 Å². The molecular formula is C16H16O5. The first-order valence-corrected chi connectivity index (χ1v) is 6.63. The van der Waals surface area contributed by atoms with Gasteiger partial charge in [-0.25, -0.2) is 0 Å². The van der Waals surface area contributed by atoms with Crippen molar-refractivity contribution in [2.75, 3.05) is 14.2 Å². The normalized spacial score (nSPS) is 17.7. The van der Waals surface area contributed by atoms with Crippen LogP contribution in [0, 0.1) is 0 Å². The number of methoxy groups -OCH3 is 2. The van der Waals surface area contributed by atoms with Crippen molar-refractivity contribution in [1.82, 2.24) is 0 Å². The summed E-state index contributed by atoms with van der Waals surface area (Å²) in [6.07, 6.45) is -0.498. The van der Waals surface area contributed by atoms with E-state index in [1.165, 1.54) is 7.11 Å². The van der Waals surface area contributed by atoms with E-state index >= 15 is 0 Å². The summed E-state index contributed by atoms with van der Waals surface area (Å²) in [5.74, 6) is 1.000. The summed E-state index contributed by atoms with van der Waals surface area (Å²) in [6.45, 7) is 1.91. The molecule has 1 aliphatic heterocycles. The number of phenols is 1. The van der Waals surface area contributed by atoms with Gasteiger partial charge >= 0.3 is 0 Å². The number of carbonyl (C=O) groups is 1. The predicted octanol–water partition coefficient (Wildman–Crippen LogP) is 2.66. The van der Waals surface area contributed by atoms with Crippen molar-refractivity contribution in [3.05, 3.63) is 29.3 Å². The molecule has 0 saturated carbocycles. The summed E-state index contributed by atoms with van der Waals surface area (Å²) in [4.78, 5) is 12.2. The maximum Gasteiger partial charge on any atom is 0.191 e. The quantitative estimate of drug-likeness (QED) is 0.920. The van der Waals surface area contributed by atoms with Crippen LogP contribution in [-0.4, -0.2) is 31.2 Å². The molecule has 0 aliphatic carbocycles. The van der Waals surface area contributed by atoms with Gasteiger partial charge in [-0.2, -0.15) is 0 Å². The van der Waals surface area contributed by atoms with E-state index < -0.39 is 6.10 Å². The second-order valence-corrected chi connectivity index (χ2v) is 5.00. The number of benzene rings is 2. The van der Waals surface area contributed by atoms with Crippen LogP contribution in [0.3, 0.4) is 0 Å². The Morgan fingerprint density at radius 3 is 2.67 bits per heavy atom. The number of ether oxygens (including phenoxy) is 3. The highest BCUT2D eigenvalue weighted by atomic mass is 16.5. The van der Waals surface area contributed by atoms with Crippen LogP contribution in [-0.2, 0) is 11.3 Å². The molecule has 0 bridgehead atoms. The Kier molecular flexibility index (Phi) is 3.22. The summed E-state index contributed by atoms with van der Waals surface area (Å²) in [5.41, 5.74) is 1.00. The standard InChI is InChI=1S/C16H16O5/c1-8-15(17)11-5-9-4-10(19-2)6-13(20-3)14(9)16(18)12(11)7-21-8/h4-6,8,18H,7H2,1-3H3. The Hall–Kier alpha value is -2.27. The van der Waals surface area contributed by atoms with Gasteiger partial charge in [-0.3, -0.25) is 4.79 Å². The summed E-state index contributed by atoms with van der Waals surface area (Å²) in [5, 5.41) is 11.8. The number of phenolic OH excluding ortho intramolecular Hbond substituents is 1. The van der Waals surface area contributed by atoms with E-state index in [1.807, 2.05) is 0 Å². The summed E-state index contributed by atoms with van der Waals surface area (Å²) >= 11 is 0. The molecule has 1 atom stereocenters. The minimum absolute atomic E-state index is 0.0299. The largest absolute Gasteiger partial charge is 0.507 e. The summed E-state index contributed by atoms with van der Waals surface area (Å²) in [7, 11) is 3.08. The van der Waals surface area contributed by atoms with Crippen molar-refractivity contribution in [3.8, 4) is 17.2 Å². The average Bonchev–Trinajstić information content (AvgIpc) is 2.50. The molecule has 0 amide bonds. The fraction of sp³-hybridized carbons (Fsp3) is 0.312.